The highest BCUT2D eigenvalue weighted by molar-refractivity contribution is 4.88. The molecule has 2 unspecified atom stereocenters. The maximum absolute atomic E-state index is 3.76. The van der Waals surface area contributed by atoms with Crippen LogP contribution in [-0.4, -0.2) is 62.2 Å². The van der Waals surface area contributed by atoms with Crippen molar-refractivity contribution in [2.75, 3.05) is 40.3 Å². The van der Waals surface area contributed by atoms with Crippen molar-refractivity contribution in [3.8, 4) is 0 Å². The fourth-order valence-corrected chi connectivity index (χ4v) is 3.13. The van der Waals surface area contributed by atoms with E-state index < -0.39 is 0 Å². The molecule has 0 spiro atoms. The van der Waals surface area contributed by atoms with Gasteiger partial charge in [-0.15, -0.1) is 0 Å². The summed E-state index contributed by atoms with van der Waals surface area (Å²) in [4.78, 5) is 5.02. The molecule has 0 saturated carbocycles. The molecule has 0 aromatic heterocycles. The van der Waals surface area contributed by atoms with Crippen LogP contribution >= 0.6 is 0 Å². The SMILES string of the molecule is CC(C)CC1CN(CCCN(C)C)C(C(C)C)CN1. The van der Waals surface area contributed by atoms with Crippen molar-refractivity contribution in [2.45, 2.75) is 52.6 Å². The van der Waals surface area contributed by atoms with E-state index in [9.17, 15) is 0 Å². The van der Waals surface area contributed by atoms with Gasteiger partial charge in [-0.2, -0.15) is 0 Å². The molecule has 1 heterocycles. The van der Waals surface area contributed by atoms with Gasteiger partial charge in [0.15, 0.2) is 0 Å². The average molecular weight is 269 g/mol. The molecule has 1 fully saturated rings. The lowest BCUT2D eigenvalue weighted by Gasteiger charge is -2.43. The van der Waals surface area contributed by atoms with E-state index in [2.05, 4.69) is 56.9 Å². The lowest BCUT2D eigenvalue weighted by atomic mass is 9.95. The Morgan fingerprint density at radius 3 is 2.42 bits per heavy atom. The second-order valence-electron chi connectivity index (χ2n) is 7.20. The molecule has 1 rings (SSSR count). The van der Waals surface area contributed by atoms with Crippen LogP contribution in [-0.2, 0) is 0 Å². The van der Waals surface area contributed by atoms with Crippen LogP contribution in [0.1, 0.15) is 40.5 Å². The van der Waals surface area contributed by atoms with E-state index in [0.29, 0.717) is 12.1 Å². The Morgan fingerprint density at radius 2 is 1.89 bits per heavy atom. The highest BCUT2D eigenvalue weighted by atomic mass is 15.2. The van der Waals surface area contributed by atoms with Gasteiger partial charge in [-0.25, -0.2) is 0 Å². The van der Waals surface area contributed by atoms with Crippen molar-refractivity contribution in [1.82, 2.24) is 15.1 Å². The minimum atomic E-state index is 0.689. The van der Waals surface area contributed by atoms with E-state index in [1.807, 2.05) is 0 Å². The Morgan fingerprint density at radius 1 is 1.21 bits per heavy atom. The summed E-state index contributed by atoms with van der Waals surface area (Å²) < 4.78 is 0. The molecule has 0 aliphatic carbocycles. The molecule has 1 saturated heterocycles. The van der Waals surface area contributed by atoms with Crippen LogP contribution in [0.15, 0.2) is 0 Å². The van der Waals surface area contributed by atoms with Crippen LogP contribution in [0.4, 0.5) is 0 Å². The van der Waals surface area contributed by atoms with Crippen LogP contribution in [0.25, 0.3) is 0 Å². The van der Waals surface area contributed by atoms with Gasteiger partial charge in [-0.05, 0) is 51.9 Å². The molecular weight excluding hydrogens is 234 g/mol. The molecule has 0 bridgehead atoms. The third-order valence-corrected chi connectivity index (χ3v) is 4.12. The minimum absolute atomic E-state index is 0.689. The molecule has 0 amide bonds. The van der Waals surface area contributed by atoms with Gasteiger partial charge in [-0.3, -0.25) is 4.90 Å². The third kappa shape index (κ3) is 6.24. The summed E-state index contributed by atoms with van der Waals surface area (Å²) in [6.45, 7) is 14.2. The predicted octanol–water partition coefficient (Wildman–Crippen LogP) is 2.28. The number of nitrogens with one attached hydrogen (secondary N) is 1. The van der Waals surface area contributed by atoms with Gasteiger partial charge in [0.2, 0.25) is 0 Å². The third-order valence-electron chi connectivity index (χ3n) is 4.12. The highest BCUT2D eigenvalue weighted by Gasteiger charge is 2.29. The molecular formula is C16H35N3. The predicted molar refractivity (Wildman–Crippen MR) is 84.6 cm³/mol. The molecule has 0 radical (unpaired) electrons. The van der Waals surface area contributed by atoms with Crippen LogP contribution in [0.2, 0.25) is 0 Å². The first-order valence-electron chi connectivity index (χ1n) is 8.02. The Labute approximate surface area is 120 Å². The summed E-state index contributed by atoms with van der Waals surface area (Å²) >= 11 is 0. The molecule has 19 heavy (non-hydrogen) atoms. The van der Waals surface area contributed by atoms with Crippen LogP contribution < -0.4 is 5.32 Å². The summed E-state index contributed by atoms with van der Waals surface area (Å²) in [6.07, 6.45) is 2.58. The Hall–Kier alpha value is -0.120. The maximum atomic E-state index is 3.76. The van der Waals surface area contributed by atoms with Crippen molar-refractivity contribution < 1.29 is 0 Å². The zero-order valence-electron chi connectivity index (χ0n) is 13.9. The number of nitrogens with zero attached hydrogens (tertiary/aromatic N) is 2. The first kappa shape index (κ1) is 16.9. The number of rotatable bonds is 7. The molecule has 3 nitrogen and oxygen atoms in total. The maximum Gasteiger partial charge on any atom is 0.0244 e. The van der Waals surface area contributed by atoms with E-state index in [4.69, 9.17) is 0 Å². The van der Waals surface area contributed by atoms with Crippen molar-refractivity contribution in [1.29, 1.82) is 0 Å². The van der Waals surface area contributed by atoms with Crippen LogP contribution in [0.5, 0.6) is 0 Å². The van der Waals surface area contributed by atoms with Crippen molar-refractivity contribution in [3.63, 3.8) is 0 Å². The van der Waals surface area contributed by atoms with Gasteiger partial charge in [0.1, 0.15) is 0 Å². The Balaban J connectivity index is 2.47. The van der Waals surface area contributed by atoms with Crippen molar-refractivity contribution >= 4 is 0 Å². The monoisotopic (exact) mass is 269 g/mol. The van der Waals surface area contributed by atoms with E-state index in [1.54, 1.807) is 0 Å². The smallest absolute Gasteiger partial charge is 0.0244 e. The van der Waals surface area contributed by atoms with E-state index in [1.165, 1.54) is 32.5 Å². The van der Waals surface area contributed by atoms with E-state index >= 15 is 0 Å². The number of hydrogen-bond acceptors (Lipinski definition) is 3. The molecule has 2 atom stereocenters. The average Bonchev–Trinajstić information content (AvgIpc) is 2.27. The first-order valence-corrected chi connectivity index (χ1v) is 8.02. The van der Waals surface area contributed by atoms with Gasteiger partial charge < -0.3 is 10.2 Å². The fraction of sp³-hybridized carbons (Fsp3) is 1.00. The largest absolute Gasteiger partial charge is 0.311 e. The van der Waals surface area contributed by atoms with Gasteiger partial charge in [0, 0.05) is 25.2 Å². The molecule has 1 aliphatic heterocycles. The fourth-order valence-electron chi connectivity index (χ4n) is 3.13. The molecule has 1 N–H and O–H groups in total. The normalized spacial score (nSPS) is 25.7. The Bertz CT molecular complexity index is 238. The molecule has 1 aliphatic rings. The zero-order chi connectivity index (χ0) is 14.4. The second kappa shape index (κ2) is 8.23. The zero-order valence-corrected chi connectivity index (χ0v) is 13.9. The minimum Gasteiger partial charge on any atom is -0.311 e. The van der Waals surface area contributed by atoms with Crippen LogP contribution in [0.3, 0.4) is 0 Å². The van der Waals surface area contributed by atoms with Crippen molar-refractivity contribution in [2.24, 2.45) is 11.8 Å². The summed E-state index contributed by atoms with van der Waals surface area (Å²) in [5.41, 5.74) is 0. The van der Waals surface area contributed by atoms with Crippen molar-refractivity contribution in [3.05, 3.63) is 0 Å². The summed E-state index contributed by atoms with van der Waals surface area (Å²) in [5, 5.41) is 3.76. The van der Waals surface area contributed by atoms with Gasteiger partial charge >= 0.3 is 0 Å². The van der Waals surface area contributed by atoms with E-state index in [0.717, 1.165) is 18.4 Å². The number of hydrogen-bond donors (Lipinski definition) is 1. The van der Waals surface area contributed by atoms with Gasteiger partial charge in [-0.1, -0.05) is 27.7 Å². The lowest BCUT2D eigenvalue weighted by Crippen LogP contribution is -2.58. The number of piperazine rings is 1. The Kier molecular flexibility index (Phi) is 7.33. The van der Waals surface area contributed by atoms with E-state index in [-0.39, 0.29) is 0 Å². The highest BCUT2D eigenvalue weighted by Crippen LogP contribution is 2.18. The first-order chi connectivity index (χ1) is 8.90. The van der Waals surface area contributed by atoms with Crippen LogP contribution in [0, 0.1) is 11.8 Å². The molecule has 114 valence electrons. The van der Waals surface area contributed by atoms with Gasteiger partial charge in [0.25, 0.3) is 0 Å². The molecule has 0 aromatic carbocycles. The molecule has 0 aromatic rings. The molecule has 3 heteroatoms. The van der Waals surface area contributed by atoms with Gasteiger partial charge in [0.05, 0.1) is 0 Å². The summed E-state index contributed by atoms with van der Waals surface area (Å²) in [5.74, 6) is 1.53. The summed E-state index contributed by atoms with van der Waals surface area (Å²) in [6, 6.07) is 1.40. The lowest BCUT2D eigenvalue weighted by molar-refractivity contribution is 0.0888. The second-order valence-corrected chi connectivity index (χ2v) is 7.20. The topological polar surface area (TPSA) is 18.5 Å². The summed E-state index contributed by atoms with van der Waals surface area (Å²) in [7, 11) is 4.33. The standard InChI is InChI=1S/C16H35N3/c1-13(2)10-15-12-19(9-7-8-18(5)6)16(11-17-15)14(3)4/h13-17H,7-12H2,1-6H3. The quantitative estimate of drug-likeness (QED) is 0.765.